The number of rotatable bonds is 2. The number of alkyl halides is 6. The fourth-order valence-electron chi connectivity index (χ4n) is 3.85. The molecule has 0 radical (unpaired) electrons. The van der Waals surface area contributed by atoms with E-state index in [1.165, 1.54) is 6.08 Å². The second kappa shape index (κ2) is 7.32. The van der Waals surface area contributed by atoms with Crippen LogP contribution in [-0.2, 0) is 12.4 Å². The van der Waals surface area contributed by atoms with Gasteiger partial charge in [0.1, 0.15) is 10.0 Å². The summed E-state index contributed by atoms with van der Waals surface area (Å²) in [6.07, 6.45) is -8.57. The van der Waals surface area contributed by atoms with Crippen LogP contribution in [0.25, 0.3) is 22.4 Å². The van der Waals surface area contributed by atoms with E-state index in [1.807, 2.05) is 0 Å². The third kappa shape index (κ3) is 3.61. The summed E-state index contributed by atoms with van der Waals surface area (Å²) >= 11 is 0.0893. The summed E-state index contributed by atoms with van der Waals surface area (Å²) in [5.74, 6) is -4.64. The highest BCUT2D eigenvalue weighted by atomic mass is 32.1. The van der Waals surface area contributed by atoms with Crippen LogP contribution in [0.4, 0.5) is 35.1 Å². The molecule has 12 heteroatoms. The number of benzene rings is 2. The smallest absolute Gasteiger partial charge is 0.212 e. The van der Waals surface area contributed by atoms with Crippen LogP contribution in [0, 0.1) is 11.9 Å². The van der Waals surface area contributed by atoms with Crippen LogP contribution in [0.5, 0.6) is 0 Å². The maximum Gasteiger partial charge on any atom is 0.430 e. The molecule has 1 atom stereocenters. The number of hydrogen-bond acceptors (Lipinski definition) is 4. The molecule has 0 saturated heterocycles. The third-order valence-corrected chi connectivity index (χ3v) is 7.36. The molecular weight excluding hydrogens is 496 g/mol. The zero-order valence-electron chi connectivity index (χ0n) is 15.9. The SMILES string of the molecule is Fc1nc(C2=Cc3cccc4cccc(c34)C2c2nc(F)c(C(F)(F)F)s2)sc1C(F)(F)F. The highest BCUT2D eigenvalue weighted by Gasteiger charge is 2.42. The molecule has 0 amide bonds. The average Bonchev–Trinajstić information content (AvgIpc) is 3.30. The van der Waals surface area contributed by atoms with Crippen molar-refractivity contribution in [3.8, 4) is 0 Å². The van der Waals surface area contributed by atoms with Gasteiger partial charge in [0, 0.05) is 5.57 Å². The summed E-state index contributed by atoms with van der Waals surface area (Å²) in [5.41, 5.74) is 0.974. The zero-order valence-corrected chi connectivity index (χ0v) is 17.5. The molecule has 0 bridgehead atoms. The Labute approximate surface area is 187 Å². The largest absolute Gasteiger partial charge is 0.430 e. The Balaban J connectivity index is 1.79. The molecule has 4 aromatic rings. The van der Waals surface area contributed by atoms with E-state index in [4.69, 9.17) is 0 Å². The summed E-state index contributed by atoms with van der Waals surface area (Å²) in [4.78, 5) is 3.77. The highest BCUT2D eigenvalue weighted by Crippen LogP contribution is 2.50. The lowest BCUT2D eigenvalue weighted by Crippen LogP contribution is -2.09. The Bertz CT molecular complexity index is 1420. The van der Waals surface area contributed by atoms with Crippen molar-refractivity contribution in [1.29, 1.82) is 0 Å². The molecule has 33 heavy (non-hydrogen) atoms. The van der Waals surface area contributed by atoms with Gasteiger partial charge in [-0.3, -0.25) is 0 Å². The molecule has 5 rings (SSSR count). The molecule has 0 aliphatic heterocycles. The van der Waals surface area contributed by atoms with Crippen LogP contribution < -0.4 is 0 Å². The lowest BCUT2D eigenvalue weighted by molar-refractivity contribution is -0.137. The molecule has 2 aromatic carbocycles. The summed E-state index contributed by atoms with van der Waals surface area (Å²) < 4.78 is 107. The van der Waals surface area contributed by atoms with E-state index in [-0.39, 0.29) is 38.3 Å². The Kier molecular flexibility index (Phi) is 4.87. The van der Waals surface area contributed by atoms with Gasteiger partial charge in [0.05, 0.1) is 5.92 Å². The van der Waals surface area contributed by atoms with E-state index in [2.05, 4.69) is 9.97 Å². The van der Waals surface area contributed by atoms with E-state index in [0.29, 0.717) is 16.5 Å². The van der Waals surface area contributed by atoms with Crippen LogP contribution in [0.1, 0.15) is 36.8 Å². The molecule has 1 aliphatic rings. The highest BCUT2D eigenvalue weighted by molar-refractivity contribution is 7.13. The molecule has 2 heterocycles. The van der Waals surface area contributed by atoms with Crippen LogP contribution in [0.15, 0.2) is 36.4 Å². The molecule has 1 unspecified atom stereocenters. The Morgan fingerprint density at radius 2 is 1.36 bits per heavy atom. The second-order valence-corrected chi connectivity index (χ2v) is 9.16. The third-order valence-electron chi connectivity index (χ3n) is 5.10. The van der Waals surface area contributed by atoms with Crippen molar-refractivity contribution >= 4 is 45.1 Å². The van der Waals surface area contributed by atoms with Crippen molar-refractivity contribution in [3.05, 3.63) is 79.2 Å². The van der Waals surface area contributed by atoms with Gasteiger partial charge in [-0.1, -0.05) is 36.4 Å². The molecule has 0 N–H and O–H groups in total. The predicted octanol–water partition coefficient (Wildman–Crippen LogP) is 7.75. The molecular formula is C21H8F8N2S2. The van der Waals surface area contributed by atoms with Gasteiger partial charge in [-0.05, 0) is 28.0 Å². The number of aromatic nitrogens is 2. The summed E-state index contributed by atoms with van der Waals surface area (Å²) in [7, 11) is 0. The van der Waals surface area contributed by atoms with Gasteiger partial charge in [0.2, 0.25) is 11.9 Å². The first kappa shape index (κ1) is 22.0. The second-order valence-electron chi connectivity index (χ2n) is 7.13. The fourth-order valence-corrected chi connectivity index (χ4v) is 5.66. The quantitative estimate of drug-likeness (QED) is 0.261. The van der Waals surface area contributed by atoms with E-state index in [1.54, 1.807) is 36.4 Å². The topological polar surface area (TPSA) is 25.8 Å². The standard InChI is InChI=1S/C21H8F8N2S2/c22-16-14(20(24,25)26)32-18(30-16)11-7-9-5-1-3-8-4-2-6-10(12(8)9)13(11)19-31-17(23)15(33-19)21(27,28)29/h1-7,13H. The Hall–Kier alpha value is -2.86. The maximum absolute atomic E-state index is 14.1. The van der Waals surface area contributed by atoms with Gasteiger partial charge in [0.25, 0.3) is 0 Å². The first-order valence-electron chi connectivity index (χ1n) is 9.15. The number of nitrogens with zero attached hydrogens (tertiary/aromatic N) is 2. The van der Waals surface area contributed by atoms with Crippen LogP contribution in [0.2, 0.25) is 0 Å². The monoisotopic (exact) mass is 504 g/mol. The van der Waals surface area contributed by atoms with Crippen molar-refractivity contribution in [2.24, 2.45) is 0 Å². The summed E-state index contributed by atoms with van der Waals surface area (Å²) in [6.45, 7) is 0. The first-order chi connectivity index (χ1) is 15.4. The molecule has 2 nitrogen and oxygen atoms in total. The van der Waals surface area contributed by atoms with Gasteiger partial charge in [-0.25, -0.2) is 9.97 Å². The normalized spacial score (nSPS) is 16.4. The summed E-state index contributed by atoms with van der Waals surface area (Å²) in [5, 5.41) is 0.656. The van der Waals surface area contributed by atoms with Gasteiger partial charge in [-0.15, -0.1) is 22.7 Å². The maximum atomic E-state index is 14.1. The van der Waals surface area contributed by atoms with Crippen molar-refractivity contribution in [1.82, 2.24) is 9.97 Å². The molecule has 0 fully saturated rings. The summed E-state index contributed by atoms with van der Waals surface area (Å²) in [6, 6.07) is 10.1. The van der Waals surface area contributed by atoms with Crippen molar-refractivity contribution in [2.75, 3.05) is 0 Å². The number of hydrogen-bond donors (Lipinski definition) is 0. The van der Waals surface area contributed by atoms with Crippen LogP contribution in [0.3, 0.4) is 0 Å². The minimum Gasteiger partial charge on any atom is -0.212 e. The van der Waals surface area contributed by atoms with E-state index >= 15 is 0 Å². The van der Waals surface area contributed by atoms with Gasteiger partial charge < -0.3 is 0 Å². The minimum atomic E-state index is -5.00. The minimum absolute atomic E-state index is 0.00285. The average molecular weight is 504 g/mol. The first-order valence-corrected chi connectivity index (χ1v) is 10.8. The van der Waals surface area contributed by atoms with Crippen LogP contribution >= 0.6 is 22.7 Å². The lowest BCUT2D eigenvalue weighted by atomic mass is 9.81. The fraction of sp³-hybridized carbons (Fsp3) is 0.143. The number of halogens is 8. The van der Waals surface area contributed by atoms with Gasteiger partial charge >= 0.3 is 12.4 Å². The lowest BCUT2D eigenvalue weighted by Gasteiger charge is -2.25. The predicted molar refractivity (Wildman–Crippen MR) is 108 cm³/mol. The van der Waals surface area contributed by atoms with Crippen molar-refractivity contribution in [2.45, 2.75) is 18.3 Å². The van der Waals surface area contributed by atoms with Gasteiger partial charge in [0.15, 0.2) is 9.75 Å². The Morgan fingerprint density at radius 1 is 0.758 bits per heavy atom. The number of allylic oxidation sites excluding steroid dienone is 1. The molecule has 0 saturated carbocycles. The van der Waals surface area contributed by atoms with Crippen molar-refractivity contribution in [3.63, 3.8) is 0 Å². The van der Waals surface area contributed by atoms with E-state index < -0.39 is 39.9 Å². The Morgan fingerprint density at radius 3 is 1.97 bits per heavy atom. The number of thiazole rings is 2. The van der Waals surface area contributed by atoms with Crippen molar-refractivity contribution < 1.29 is 35.1 Å². The van der Waals surface area contributed by atoms with E-state index in [0.717, 1.165) is 5.39 Å². The molecule has 1 aliphatic carbocycles. The van der Waals surface area contributed by atoms with Crippen LogP contribution in [-0.4, -0.2) is 9.97 Å². The van der Waals surface area contributed by atoms with Gasteiger partial charge in [-0.2, -0.15) is 35.1 Å². The molecule has 2 aromatic heterocycles. The molecule has 170 valence electrons. The molecule has 0 spiro atoms. The van der Waals surface area contributed by atoms with E-state index in [9.17, 15) is 35.1 Å². The zero-order chi connectivity index (χ0) is 23.7.